The van der Waals surface area contributed by atoms with Gasteiger partial charge in [-0.1, -0.05) is 12.1 Å². The van der Waals surface area contributed by atoms with Crippen LogP contribution in [0.3, 0.4) is 0 Å². The molecule has 2 heterocycles. The van der Waals surface area contributed by atoms with Crippen molar-refractivity contribution in [3.05, 3.63) is 29.3 Å². The summed E-state index contributed by atoms with van der Waals surface area (Å²) in [6.07, 6.45) is 2.25. The van der Waals surface area contributed by atoms with Crippen molar-refractivity contribution >= 4 is 0 Å². The third-order valence-corrected chi connectivity index (χ3v) is 4.52. The summed E-state index contributed by atoms with van der Waals surface area (Å²) < 4.78 is 5.59. The van der Waals surface area contributed by atoms with Gasteiger partial charge in [-0.05, 0) is 37.2 Å². The van der Waals surface area contributed by atoms with Crippen LogP contribution in [0.25, 0.3) is 0 Å². The van der Waals surface area contributed by atoms with Gasteiger partial charge >= 0.3 is 0 Å². The average molecular weight is 275 g/mol. The molecule has 1 saturated heterocycles. The van der Waals surface area contributed by atoms with Gasteiger partial charge < -0.3 is 15.4 Å². The van der Waals surface area contributed by atoms with E-state index < -0.39 is 0 Å². The maximum atomic E-state index is 6.08. The van der Waals surface area contributed by atoms with Crippen molar-refractivity contribution in [2.45, 2.75) is 18.9 Å². The second-order valence-electron chi connectivity index (χ2n) is 5.91. The molecule has 1 aromatic rings. The second kappa shape index (κ2) is 6.12. The van der Waals surface area contributed by atoms with Crippen LogP contribution in [0.4, 0.5) is 0 Å². The Hall–Kier alpha value is -1.10. The Bertz CT molecular complexity index is 463. The van der Waals surface area contributed by atoms with E-state index in [1.54, 1.807) is 0 Å². The Morgan fingerprint density at radius 1 is 1.25 bits per heavy atom. The Balaban J connectivity index is 1.78. The van der Waals surface area contributed by atoms with Gasteiger partial charge in [-0.25, -0.2) is 0 Å². The van der Waals surface area contributed by atoms with Crippen molar-refractivity contribution in [3.8, 4) is 5.75 Å². The van der Waals surface area contributed by atoms with Crippen molar-refractivity contribution in [1.82, 2.24) is 9.80 Å². The molecule has 1 atom stereocenters. The van der Waals surface area contributed by atoms with Gasteiger partial charge in [0.25, 0.3) is 0 Å². The molecule has 4 heteroatoms. The number of rotatable bonds is 3. The quantitative estimate of drug-likeness (QED) is 0.902. The molecular formula is C16H25N3O. The zero-order valence-electron chi connectivity index (χ0n) is 12.3. The van der Waals surface area contributed by atoms with E-state index >= 15 is 0 Å². The maximum absolute atomic E-state index is 6.08. The van der Waals surface area contributed by atoms with Gasteiger partial charge in [0.2, 0.25) is 0 Å². The molecular weight excluding hydrogens is 250 g/mol. The summed E-state index contributed by atoms with van der Waals surface area (Å²) >= 11 is 0. The summed E-state index contributed by atoms with van der Waals surface area (Å²) in [6.45, 7) is 6.06. The Labute approximate surface area is 121 Å². The van der Waals surface area contributed by atoms with Gasteiger partial charge in [-0.15, -0.1) is 0 Å². The first-order valence-electron chi connectivity index (χ1n) is 7.66. The largest absolute Gasteiger partial charge is 0.493 e. The summed E-state index contributed by atoms with van der Waals surface area (Å²) in [7, 11) is 2.20. The highest BCUT2D eigenvalue weighted by Gasteiger charge is 2.23. The van der Waals surface area contributed by atoms with Crippen LogP contribution in [-0.2, 0) is 6.42 Å². The first kappa shape index (κ1) is 13.9. The fraction of sp³-hybridized carbons (Fsp3) is 0.625. The lowest BCUT2D eigenvalue weighted by molar-refractivity contribution is 0.208. The zero-order chi connectivity index (χ0) is 13.9. The van der Waals surface area contributed by atoms with Gasteiger partial charge in [-0.3, -0.25) is 4.90 Å². The lowest BCUT2D eigenvalue weighted by atomic mass is 10.0. The van der Waals surface area contributed by atoms with Crippen molar-refractivity contribution < 1.29 is 4.74 Å². The Morgan fingerprint density at radius 2 is 2.15 bits per heavy atom. The van der Waals surface area contributed by atoms with Crippen LogP contribution in [0.2, 0.25) is 0 Å². The number of likely N-dealkylation sites (N-methyl/N-ethyl adjacent to an activating group) is 1. The number of fused-ring (bicyclic) bond motifs is 1. The molecule has 20 heavy (non-hydrogen) atoms. The van der Waals surface area contributed by atoms with Crippen LogP contribution < -0.4 is 10.5 Å². The van der Waals surface area contributed by atoms with Crippen LogP contribution in [-0.4, -0.2) is 56.2 Å². The predicted octanol–water partition coefficient (Wildman–Crippen LogP) is 1.26. The first-order chi connectivity index (χ1) is 9.78. The number of hydrogen-bond donors (Lipinski definition) is 1. The molecule has 1 aromatic carbocycles. The molecule has 110 valence electrons. The molecule has 0 saturated carbocycles. The first-order valence-corrected chi connectivity index (χ1v) is 7.66. The molecule has 4 nitrogen and oxygen atoms in total. The van der Waals surface area contributed by atoms with Gasteiger partial charge in [0.05, 0.1) is 6.61 Å². The molecule has 2 N–H and O–H groups in total. The standard InChI is InChI=1S/C16H25N3O/c1-18-6-2-7-19(9-8-18)15(12-17)13-3-4-16-14(11-13)5-10-20-16/h3-4,11,15H,2,5-10,12,17H2,1H3. The van der Waals surface area contributed by atoms with Crippen LogP contribution in [0, 0.1) is 0 Å². The van der Waals surface area contributed by atoms with Crippen LogP contribution in [0.5, 0.6) is 5.75 Å². The fourth-order valence-electron chi connectivity index (χ4n) is 3.29. The monoisotopic (exact) mass is 275 g/mol. The number of hydrogen-bond acceptors (Lipinski definition) is 4. The minimum Gasteiger partial charge on any atom is -0.493 e. The highest BCUT2D eigenvalue weighted by Crippen LogP contribution is 2.30. The SMILES string of the molecule is CN1CCCN(C(CN)c2ccc3c(c2)CCO3)CC1. The van der Waals surface area contributed by atoms with Crippen molar-refractivity contribution in [2.75, 3.05) is 46.4 Å². The Morgan fingerprint density at radius 3 is 3.00 bits per heavy atom. The highest BCUT2D eigenvalue weighted by molar-refractivity contribution is 5.41. The van der Waals surface area contributed by atoms with Crippen molar-refractivity contribution in [3.63, 3.8) is 0 Å². The summed E-state index contributed by atoms with van der Waals surface area (Å²) in [5.41, 5.74) is 8.77. The summed E-state index contributed by atoms with van der Waals surface area (Å²) in [6, 6.07) is 6.95. The van der Waals surface area contributed by atoms with Gasteiger partial charge in [-0.2, -0.15) is 0 Å². The van der Waals surface area contributed by atoms with Crippen LogP contribution in [0.15, 0.2) is 18.2 Å². The van der Waals surface area contributed by atoms with Crippen LogP contribution >= 0.6 is 0 Å². The minimum atomic E-state index is 0.340. The third-order valence-electron chi connectivity index (χ3n) is 4.52. The molecule has 0 amide bonds. The average Bonchev–Trinajstić information content (AvgIpc) is 2.82. The molecule has 0 bridgehead atoms. The molecule has 2 aliphatic heterocycles. The molecule has 0 spiro atoms. The molecule has 3 rings (SSSR count). The number of benzene rings is 1. The molecule has 2 aliphatic rings. The number of nitrogens with zero attached hydrogens (tertiary/aromatic N) is 2. The number of ether oxygens (including phenoxy) is 1. The lowest BCUT2D eigenvalue weighted by Gasteiger charge is -2.30. The fourth-order valence-corrected chi connectivity index (χ4v) is 3.29. The normalized spacial score (nSPS) is 22.1. The maximum Gasteiger partial charge on any atom is 0.122 e. The van der Waals surface area contributed by atoms with E-state index in [2.05, 4.69) is 35.0 Å². The summed E-state index contributed by atoms with van der Waals surface area (Å²) in [4.78, 5) is 4.95. The molecule has 0 radical (unpaired) electrons. The third kappa shape index (κ3) is 2.82. The van der Waals surface area contributed by atoms with E-state index in [1.165, 1.54) is 24.1 Å². The molecule has 1 fully saturated rings. The predicted molar refractivity (Wildman–Crippen MR) is 81.1 cm³/mol. The van der Waals surface area contributed by atoms with E-state index in [9.17, 15) is 0 Å². The number of nitrogens with two attached hydrogens (primary N) is 1. The van der Waals surface area contributed by atoms with Gasteiger partial charge in [0.1, 0.15) is 5.75 Å². The van der Waals surface area contributed by atoms with E-state index in [0.29, 0.717) is 12.6 Å². The van der Waals surface area contributed by atoms with Crippen LogP contribution in [0.1, 0.15) is 23.6 Å². The van der Waals surface area contributed by atoms with E-state index in [-0.39, 0.29) is 0 Å². The molecule has 0 aliphatic carbocycles. The molecule has 0 aromatic heterocycles. The lowest BCUT2D eigenvalue weighted by Crippen LogP contribution is -2.36. The topological polar surface area (TPSA) is 41.7 Å². The van der Waals surface area contributed by atoms with Gasteiger partial charge in [0.15, 0.2) is 0 Å². The second-order valence-corrected chi connectivity index (χ2v) is 5.91. The van der Waals surface area contributed by atoms with Crippen molar-refractivity contribution in [2.24, 2.45) is 5.73 Å². The summed E-state index contributed by atoms with van der Waals surface area (Å²) in [5.74, 6) is 1.06. The van der Waals surface area contributed by atoms with E-state index in [4.69, 9.17) is 10.5 Å². The molecule has 1 unspecified atom stereocenters. The van der Waals surface area contributed by atoms with Crippen molar-refractivity contribution in [1.29, 1.82) is 0 Å². The van der Waals surface area contributed by atoms with E-state index in [0.717, 1.165) is 38.4 Å². The summed E-state index contributed by atoms with van der Waals surface area (Å²) in [5, 5.41) is 0. The smallest absolute Gasteiger partial charge is 0.122 e. The van der Waals surface area contributed by atoms with E-state index in [1.807, 2.05) is 0 Å². The highest BCUT2D eigenvalue weighted by atomic mass is 16.5. The minimum absolute atomic E-state index is 0.340. The zero-order valence-corrected chi connectivity index (χ0v) is 12.3. The van der Waals surface area contributed by atoms with Gasteiger partial charge in [0, 0.05) is 38.6 Å². The Kier molecular flexibility index (Phi) is 4.24.